The van der Waals surface area contributed by atoms with E-state index in [1.54, 1.807) is 6.08 Å². The van der Waals surface area contributed by atoms with Gasteiger partial charge in [0.2, 0.25) is 0 Å². The predicted molar refractivity (Wildman–Crippen MR) is 149 cm³/mol. The molecule has 0 spiro atoms. The fourth-order valence-corrected chi connectivity index (χ4v) is 6.61. The van der Waals surface area contributed by atoms with Crippen molar-refractivity contribution in [1.82, 2.24) is 5.32 Å². The van der Waals surface area contributed by atoms with Crippen molar-refractivity contribution in [3.05, 3.63) is 48.0 Å². The van der Waals surface area contributed by atoms with Gasteiger partial charge in [0.05, 0.1) is 13.2 Å². The summed E-state index contributed by atoms with van der Waals surface area (Å²) >= 11 is 0. The number of unbranched alkanes of at least 4 members (excludes halogenated alkanes) is 2. The van der Waals surface area contributed by atoms with Gasteiger partial charge in [0.1, 0.15) is 5.75 Å². The van der Waals surface area contributed by atoms with Gasteiger partial charge < -0.3 is 33.2 Å². The van der Waals surface area contributed by atoms with E-state index in [4.69, 9.17) is 27.9 Å². The first-order valence-electron chi connectivity index (χ1n) is 13.3. The molecule has 0 aliphatic rings. The Hall–Kier alpha value is -2.92. The number of alkyl carbamates (subject to hydrolysis) is 1. The maximum atomic E-state index is 12.0. The third-order valence-corrected chi connectivity index (χ3v) is 8.78. The molecule has 0 saturated carbocycles. The smallest absolute Gasteiger partial charge is 0.493 e. The van der Waals surface area contributed by atoms with Gasteiger partial charge in [-0.3, -0.25) is 0 Å². The molecule has 0 aromatic heterocycles. The second-order valence-electron chi connectivity index (χ2n) is 8.43. The first-order chi connectivity index (χ1) is 18.4. The van der Waals surface area contributed by atoms with Crippen LogP contribution in [0.1, 0.15) is 52.0 Å². The summed E-state index contributed by atoms with van der Waals surface area (Å²) in [5.74, 6) is -0.227. The van der Waals surface area contributed by atoms with Gasteiger partial charge >= 0.3 is 20.9 Å². The SMILES string of the molecule is CCO[Si](CCCNC(=O)OCCCCCOc1ccc(/C=C/C(=O)O)c2ccccc12)(OCC)OCC. The topological polar surface area (TPSA) is 113 Å². The molecule has 2 rings (SSSR count). The number of carboxylic acids is 1. The van der Waals surface area contributed by atoms with Gasteiger partial charge in [-0.05, 0) is 69.5 Å². The molecule has 0 unspecified atom stereocenters. The molecule has 10 heteroatoms. The zero-order valence-corrected chi connectivity index (χ0v) is 23.7. The van der Waals surface area contributed by atoms with Crippen molar-refractivity contribution in [2.24, 2.45) is 0 Å². The minimum atomic E-state index is -2.69. The quantitative estimate of drug-likeness (QED) is 0.132. The maximum absolute atomic E-state index is 12.0. The van der Waals surface area contributed by atoms with E-state index >= 15 is 0 Å². The molecule has 0 heterocycles. The fraction of sp³-hybridized carbons (Fsp3) is 0.500. The highest BCUT2D eigenvalue weighted by Crippen LogP contribution is 2.29. The van der Waals surface area contributed by atoms with Gasteiger partial charge in [-0.1, -0.05) is 30.3 Å². The molecule has 0 atom stereocenters. The normalized spacial score (nSPS) is 11.7. The second kappa shape index (κ2) is 17.6. The van der Waals surface area contributed by atoms with Crippen molar-refractivity contribution in [3.63, 3.8) is 0 Å². The van der Waals surface area contributed by atoms with Crippen LogP contribution in [0.15, 0.2) is 42.5 Å². The number of nitrogens with one attached hydrogen (secondary N) is 1. The van der Waals surface area contributed by atoms with Gasteiger partial charge in [0, 0.05) is 43.9 Å². The minimum Gasteiger partial charge on any atom is -0.493 e. The van der Waals surface area contributed by atoms with Gasteiger partial charge in [0.15, 0.2) is 0 Å². The lowest BCUT2D eigenvalue weighted by atomic mass is 10.0. The molecule has 9 nitrogen and oxygen atoms in total. The molecule has 0 aliphatic carbocycles. The average molecular weight is 548 g/mol. The van der Waals surface area contributed by atoms with E-state index in [2.05, 4.69) is 5.32 Å². The van der Waals surface area contributed by atoms with Crippen LogP contribution in [-0.2, 0) is 22.8 Å². The first kappa shape index (κ1) is 31.3. The Balaban J connectivity index is 1.65. The lowest BCUT2D eigenvalue weighted by molar-refractivity contribution is -0.131. The first-order valence-corrected chi connectivity index (χ1v) is 15.3. The van der Waals surface area contributed by atoms with Crippen LogP contribution in [0.2, 0.25) is 6.04 Å². The second-order valence-corrected chi connectivity index (χ2v) is 11.2. The molecule has 2 aromatic carbocycles. The van der Waals surface area contributed by atoms with Crippen LogP contribution < -0.4 is 10.1 Å². The summed E-state index contributed by atoms with van der Waals surface area (Å²) < 4.78 is 28.7. The van der Waals surface area contributed by atoms with E-state index in [0.29, 0.717) is 52.0 Å². The lowest BCUT2D eigenvalue weighted by Crippen LogP contribution is -2.46. The zero-order chi connectivity index (χ0) is 27.6. The third kappa shape index (κ3) is 10.8. The highest BCUT2D eigenvalue weighted by atomic mass is 28.4. The summed E-state index contributed by atoms with van der Waals surface area (Å²) in [7, 11) is -2.69. The monoisotopic (exact) mass is 547 g/mol. The van der Waals surface area contributed by atoms with Gasteiger partial charge in [-0.25, -0.2) is 9.59 Å². The van der Waals surface area contributed by atoms with Gasteiger partial charge in [0.25, 0.3) is 0 Å². The van der Waals surface area contributed by atoms with Gasteiger partial charge in [-0.15, -0.1) is 0 Å². The van der Waals surface area contributed by atoms with Crippen LogP contribution in [0.25, 0.3) is 16.8 Å². The summed E-state index contributed by atoms with van der Waals surface area (Å²) in [5, 5.41) is 13.5. The molecule has 0 bridgehead atoms. The van der Waals surface area contributed by atoms with Crippen molar-refractivity contribution in [2.45, 2.75) is 52.5 Å². The van der Waals surface area contributed by atoms with Crippen LogP contribution in [0.3, 0.4) is 0 Å². The molecule has 2 aromatic rings. The maximum Gasteiger partial charge on any atom is 0.500 e. The van der Waals surface area contributed by atoms with Crippen molar-refractivity contribution < 1.29 is 37.4 Å². The van der Waals surface area contributed by atoms with E-state index in [1.807, 2.05) is 57.2 Å². The molecule has 2 N–H and O–H groups in total. The summed E-state index contributed by atoms with van der Waals surface area (Å²) in [5.41, 5.74) is 0.824. The molecular weight excluding hydrogens is 506 g/mol. The third-order valence-electron chi connectivity index (χ3n) is 5.62. The summed E-state index contributed by atoms with van der Waals surface area (Å²) in [4.78, 5) is 22.8. The number of carbonyl (C=O) groups excluding carboxylic acids is 1. The lowest BCUT2D eigenvalue weighted by Gasteiger charge is -2.28. The molecule has 0 aliphatic heterocycles. The van der Waals surface area contributed by atoms with Crippen LogP contribution in [0, 0.1) is 0 Å². The van der Waals surface area contributed by atoms with E-state index in [-0.39, 0.29) is 0 Å². The number of hydrogen-bond acceptors (Lipinski definition) is 7. The molecule has 0 fully saturated rings. The standard InChI is InChI=1S/C28H41NO8Si/c1-4-35-38(36-5-2,37-6-3)22-12-19-29-28(32)34-21-11-7-10-20-33-26-17-15-23(16-18-27(30)31)24-13-8-9-14-25(24)26/h8-9,13-18H,4-7,10-12,19-22H2,1-3H3,(H,29,32)(H,30,31)/b18-16+. The van der Waals surface area contributed by atoms with E-state index < -0.39 is 20.9 Å². The molecular formula is C28H41NO8Si. The van der Waals surface area contributed by atoms with Crippen molar-refractivity contribution >= 4 is 37.7 Å². The predicted octanol–water partition coefficient (Wildman–Crippen LogP) is 5.65. The Morgan fingerprint density at radius 2 is 1.53 bits per heavy atom. The summed E-state index contributed by atoms with van der Waals surface area (Å²) in [6, 6.07) is 12.1. The fourth-order valence-electron chi connectivity index (χ4n) is 4.00. The van der Waals surface area contributed by atoms with Gasteiger partial charge in [-0.2, -0.15) is 0 Å². The van der Waals surface area contributed by atoms with Crippen molar-refractivity contribution in [3.8, 4) is 5.75 Å². The summed E-state index contributed by atoms with van der Waals surface area (Å²) in [6.07, 6.45) is 5.39. The molecule has 38 heavy (non-hydrogen) atoms. The van der Waals surface area contributed by atoms with Crippen LogP contribution in [-0.4, -0.2) is 65.6 Å². The number of benzene rings is 2. The number of fused-ring (bicyclic) bond motifs is 1. The van der Waals surface area contributed by atoms with Crippen molar-refractivity contribution in [2.75, 3.05) is 39.6 Å². The Labute approximate surface area is 226 Å². The molecule has 210 valence electrons. The molecule has 0 radical (unpaired) electrons. The zero-order valence-electron chi connectivity index (χ0n) is 22.7. The number of aliphatic carboxylic acids is 1. The molecule has 0 saturated heterocycles. The Morgan fingerprint density at radius 1 is 0.868 bits per heavy atom. The Kier molecular flexibility index (Phi) is 14.5. The minimum absolute atomic E-state index is 0.342. The van der Waals surface area contributed by atoms with Crippen LogP contribution in [0.5, 0.6) is 5.75 Å². The molecule has 1 amide bonds. The average Bonchev–Trinajstić information content (AvgIpc) is 2.90. The number of rotatable bonds is 19. The van der Waals surface area contributed by atoms with Crippen LogP contribution in [0.4, 0.5) is 4.79 Å². The number of amides is 1. The Morgan fingerprint density at radius 3 is 2.18 bits per heavy atom. The van der Waals surface area contributed by atoms with Crippen LogP contribution >= 0.6 is 0 Å². The largest absolute Gasteiger partial charge is 0.500 e. The Bertz CT molecular complexity index is 1010. The van der Waals surface area contributed by atoms with E-state index in [0.717, 1.165) is 47.4 Å². The summed E-state index contributed by atoms with van der Waals surface area (Å²) in [6.45, 7) is 8.69. The highest BCUT2D eigenvalue weighted by Gasteiger charge is 2.39. The van der Waals surface area contributed by atoms with Crippen molar-refractivity contribution in [1.29, 1.82) is 0 Å². The highest BCUT2D eigenvalue weighted by molar-refractivity contribution is 6.60. The number of carbonyl (C=O) groups is 2. The number of hydrogen-bond donors (Lipinski definition) is 2. The number of ether oxygens (including phenoxy) is 2. The van der Waals surface area contributed by atoms with E-state index in [9.17, 15) is 9.59 Å². The van der Waals surface area contributed by atoms with E-state index in [1.165, 1.54) is 0 Å². The number of carboxylic acid groups (broad SMARTS) is 1.